The van der Waals surface area contributed by atoms with Crippen LogP contribution in [0.25, 0.3) is 11.0 Å². The third kappa shape index (κ3) is 3.42. The number of aromatic nitrogens is 2. The van der Waals surface area contributed by atoms with E-state index in [4.69, 9.17) is 0 Å². The Bertz CT molecular complexity index is 1040. The third-order valence-corrected chi connectivity index (χ3v) is 4.39. The summed E-state index contributed by atoms with van der Waals surface area (Å²) in [6, 6.07) is 12.2. The maximum Gasteiger partial charge on any atom is 0.573 e. The van der Waals surface area contributed by atoms with Crippen molar-refractivity contribution in [2.24, 2.45) is 0 Å². The van der Waals surface area contributed by atoms with Crippen molar-refractivity contribution in [2.45, 2.75) is 6.36 Å². The van der Waals surface area contributed by atoms with E-state index in [1.165, 1.54) is 17.0 Å². The molecule has 1 aliphatic heterocycles. The first-order valence-corrected chi connectivity index (χ1v) is 8.47. The third-order valence-electron chi connectivity index (χ3n) is 4.39. The van der Waals surface area contributed by atoms with E-state index in [9.17, 15) is 18.0 Å². The van der Waals surface area contributed by atoms with Gasteiger partial charge in [-0.15, -0.1) is 13.2 Å². The summed E-state index contributed by atoms with van der Waals surface area (Å²) in [5, 5.41) is 0. The summed E-state index contributed by atoms with van der Waals surface area (Å²) in [5.41, 5.74) is 1.61. The van der Waals surface area contributed by atoms with Gasteiger partial charge in [0, 0.05) is 25.7 Å². The van der Waals surface area contributed by atoms with Crippen LogP contribution < -0.4 is 14.5 Å². The summed E-state index contributed by atoms with van der Waals surface area (Å²) in [5.74, 6) is 0.259. The van der Waals surface area contributed by atoms with E-state index in [0.29, 0.717) is 30.2 Å². The van der Waals surface area contributed by atoms with Crippen LogP contribution in [0.2, 0.25) is 0 Å². The Morgan fingerprint density at radius 3 is 2.18 bits per heavy atom. The zero-order valence-corrected chi connectivity index (χ0v) is 14.8. The summed E-state index contributed by atoms with van der Waals surface area (Å²) >= 11 is 0. The Morgan fingerprint density at radius 2 is 1.57 bits per heavy atom. The number of para-hydroxylation sites is 2. The first-order chi connectivity index (χ1) is 13.3. The van der Waals surface area contributed by atoms with Gasteiger partial charge in [-0.3, -0.25) is 9.69 Å². The van der Waals surface area contributed by atoms with Crippen LogP contribution in [0.3, 0.4) is 0 Å². The number of halogens is 3. The Kier molecular flexibility index (Phi) is 4.29. The minimum atomic E-state index is -4.78. The lowest BCUT2D eigenvalue weighted by molar-refractivity contribution is -0.274. The topological polar surface area (TPSA) is 58.6 Å². The highest BCUT2D eigenvalue weighted by Crippen LogP contribution is 2.32. The average Bonchev–Trinajstić information content (AvgIpc) is 2.66. The lowest BCUT2D eigenvalue weighted by atomic mass is 10.1. The van der Waals surface area contributed by atoms with Gasteiger partial charge >= 0.3 is 6.36 Å². The number of carbonyl (C=O) groups excluding carboxylic acids is 1. The van der Waals surface area contributed by atoms with Gasteiger partial charge in [-0.05, 0) is 36.4 Å². The highest BCUT2D eigenvalue weighted by Gasteiger charge is 2.32. The number of anilines is 2. The van der Waals surface area contributed by atoms with Crippen molar-refractivity contribution in [2.75, 3.05) is 29.9 Å². The predicted octanol–water partition coefficient (Wildman–Crippen LogP) is 3.63. The van der Waals surface area contributed by atoms with Gasteiger partial charge in [0.05, 0.1) is 11.0 Å². The highest BCUT2D eigenvalue weighted by atomic mass is 19.4. The van der Waals surface area contributed by atoms with Gasteiger partial charge in [0.15, 0.2) is 11.6 Å². The molecule has 0 saturated heterocycles. The first kappa shape index (κ1) is 18.0. The zero-order valence-electron chi connectivity index (χ0n) is 14.8. The molecule has 0 unspecified atom stereocenters. The number of likely N-dealkylation sites (N-methyl/N-ethyl adjacent to an activating group) is 1. The van der Waals surface area contributed by atoms with Crippen LogP contribution >= 0.6 is 0 Å². The van der Waals surface area contributed by atoms with Gasteiger partial charge in [0.1, 0.15) is 5.75 Å². The van der Waals surface area contributed by atoms with Gasteiger partial charge in [0.2, 0.25) is 0 Å². The maximum atomic E-state index is 13.0. The molecule has 1 aromatic heterocycles. The monoisotopic (exact) mass is 388 g/mol. The molecule has 2 aromatic carbocycles. The second-order valence-corrected chi connectivity index (χ2v) is 6.31. The fourth-order valence-corrected chi connectivity index (χ4v) is 3.03. The standard InChI is InChI=1S/C19H15F3N4O2/c1-25-10-11-26(17-16(25)23-14-4-2-3-5-15(14)24-17)18(27)12-6-8-13(9-7-12)28-19(20,21)22/h2-9H,10-11H2,1H3. The molecule has 0 aliphatic carbocycles. The number of fused-ring (bicyclic) bond motifs is 2. The molecule has 0 fully saturated rings. The van der Waals surface area contributed by atoms with Crippen LogP contribution in [0.5, 0.6) is 5.75 Å². The molecule has 0 N–H and O–H groups in total. The molecule has 0 spiro atoms. The average molecular weight is 388 g/mol. The van der Waals surface area contributed by atoms with Gasteiger partial charge in [-0.25, -0.2) is 9.97 Å². The number of nitrogens with zero attached hydrogens (tertiary/aromatic N) is 4. The summed E-state index contributed by atoms with van der Waals surface area (Å²) in [4.78, 5) is 25.6. The summed E-state index contributed by atoms with van der Waals surface area (Å²) in [6.45, 7) is 0.942. The van der Waals surface area contributed by atoms with Crippen LogP contribution in [-0.2, 0) is 0 Å². The van der Waals surface area contributed by atoms with Crippen LogP contribution in [0.1, 0.15) is 10.4 Å². The van der Waals surface area contributed by atoms with E-state index in [2.05, 4.69) is 14.7 Å². The van der Waals surface area contributed by atoms with Gasteiger partial charge in [0.25, 0.3) is 5.91 Å². The van der Waals surface area contributed by atoms with E-state index >= 15 is 0 Å². The normalized spacial score (nSPS) is 14.1. The number of carbonyl (C=O) groups is 1. The molecule has 4 rings (SSSR count). The molecule has 0 atom stereocenters. The number of benzene rings is 2. The SMILES string of the molecule is CN1CCN(C(=O)c2ccc(OC(F)(F)F)cc2)c2nc3ccccc3nc21. The predicted molar refractivity (Wildman–Crippen MR) is 97.6 cm³/mol. The lowest BCUT2D eigenvalue weighted by Gasteiger charge is -2.33. The van der Waals surface area contributed by atoms with Gasteiger partial charge in [-0.2, -0.15) is 0 Å². The lowest BCUT2D eigenvalue weighted by Crippen LogP contribution is -2.43. The molecule has 1 amide bonds. The molecule has 6 nitrogen and oxygen atoms in total. The van der Waals surface area contributed by atoms with Crippen LogP contribution in [0.15, 0.2) is 48.5 Å². The summed E-state index contributed by atoms with van der Waals surface area (Å²) in [7, 11) is 1.87. The molecular weight excluding hydrogens is 373 g/mol. The largest absolute Gasteiger partial charge is 0.573 e. The molecular formula is C19H15F3N4O2. The Balaban J connectivity index is 1.67. The van der Waals surface area contributed by atoms with Crippen LogP contribution in [-0.4, -0.2) is 42.4 Å². The summed E-state index contributed by atoms with van der Waals surface area (Å²) < 4.78 is 40.8. The first-order valence-electron chi connectivity index (χ1n) is 8.47. The number of amides is 1. The fraction of sp³-hybridized carbons (Fsp3) is 0.211. The van der Waals surface area contributed by atoms with Crippen molar-refractivity contribution in [3.8, 4) is 5.75 Å². The molecule has 144 valence electrons. The molecule has 3 aromatic rings. The van der Waals surface area contributed by atoms with Crippen molar-refractivity contribution >= 4 is 28.6 Å². The Morgan fingerprint density at radius 1 is 0.964 bits per heavy atom. The van der Waals surface area contributed by atoms with Crippen molar-refractivity contribution < 1.29 is 22.7 Å². The molecule has 1 aliphatic rings. The van der Waals surface area contributed by atoms with Gasteiger partial charge < -0.3 is 9.64 Å². The molecule has 9 heteroatoms. The molecule has 28 heavy (non-hydrogen) atoms. The number of rotatable bonds is 2. The molecule has 0 radical (unpaired) electrons. The van der Waals surface area contributed by atoms with Crippen LogP contribution in [0, 0.1) is 0 Å². The van der Waals surface area contributed by atoms with E-state index in [1.54, 1.807) is 0 Å². The second-order valence-electron chi connectivity index (χ2n) is 6.31. The van der Waals surface area contributed by atoms with Crippen molar-refractivity contribution in [1.82, 2.24) is 9.97 Å². The Hall–Kier alpha value is -3.36. The van der Waals surface area contributed by atoms with E-state index in [0.717, 1.165) is 17.6 Å². The fourth-order valence-electron chi connectivity index (χ4n) is 3.03. The van der Waals surface area contributed by atoms with Crippen molar-refractivity contribution in [1.29, 1.82) is 0 Å². The molecule has 0 saturated carbocycles. The molecule has 2 heterocycles. The maximum absolute atomic E-state index is 13.0. The van der Waals surface area contributed by atoms with Crippen LogP contribution in [0.4, 0.5) is 24.8 Å². The quantitative estimate of drug-likeness (QED) is 0.671. The number of ether oxygens (including phenoxy) is 1. The van der Waals surface area contributed by atoms with E-state index in [-0.39, 0.29) is 17.2 Å². The van der Waals surface area contributed by atoms with Crippen molar-refractivity contribution in [3.05, 3.63) is 54.1 Å². The minimum Gasteiger partial charge on any atom is -0.406 e. The Labute approximate surface area is 158 Å². The smallest absolute Gasteiger partial charge is 0.406 e. The molecule has 0 bridgehead atoms. The highest BCUT2D eigenvalue weighted by molar-refractivity contribution is 6.08. The zero-order chi connectivity index (χ0) is 19.9. The summed E-state index contributed by atoms with van der Waals surface area (Å²) in [6.07, 6.45) is -4.78. The van der Waals surface area contributed by atoms with E-state index in [1.807, 2.05) is 36.2 Å². The number of hydrogen-bond donors (Lipinski definition) is 0. The van der Waals surface area contributed by atoms with E-state index < -0.39 is 6.36 Å². The second kappa shape index (κ2) is 6.66. The van der Waals surface area contributed by atoms with Gasteiger partial charge in [-0.1, -0.05) is 12.1 Å². The minimum absolute atomic E-state index is 0.236. The van der Waals surface area contributed by atoms with Crippen molar-refractivity contribution in [3.63, 3.8) is 0 Å². The number of hydrogen-bond acceptors (Lipinski definition) is 5. The number of alkyl halides is 3.